The van der Waals surface area contributed by atoms with E-state index in [9.17, 15) is 4.39 Å². The van der Waals surface area contributed by atoms with Gasteiger partial charge in [0, 0.05) is 23.7 Å². The van der Waals surface area contributed by atoms with Crippen LogP contribution in [-0.4, -0.2) is 4.98 Å². The van der Waals surface area contributed by atoms with E-state index in [0.29, 0.717) is 12.2 Å². The maximum Gasteiger partial charge on any atom is 0.146 e. The fourth-order valence-corrected chi connectivity index (χ4v) is 2.20. The minimum absolute atomic E-state index is 0.224. The first-order valence-electron chi connectivity index (χ1n) is 5.13. The van der Waals surface area contributed by atoms with Crippen LogP contribution in [0.2, 0.25) is 0 Å². The van der Waals surface area contributed by atoms with Crippen molar-refractivity contribution in [2.24, 2.45) is 0 Å². The largest absolute Gasteiger partial charge is 0.304 e. The summed E-state index contributed by atoms with van der Waals surface area (Å²) in [7, 11) is 0. The van der Waals surface area contributed by atoms with E-state index >= 15 is 0 Å². The average molecular weight is 236 g/mol. The van der Waals surface area contributed by atoms with E-state index < -0.39 is 0 Å². The fraction of sp³-hybridized carbons (Fsp3) is 0.250. The predicted octanol–water partition coefficient (Wildman–Crippen LogP) is 3.13. The number of rotatable bonds is 4. The standard InChI is InChI=1S/C12H13FN2S/c1-9(12-5-3-7-16-12)15-8-11-10(13)4-2-6-14-11/h2-7,9,15H,8H2,1H3/t9-/m1/s1. The monoisotopic (exact) mass is 236 g/mol. The topological polar surface area (TPSA) is 24.9 Å². The Kier molecular flexibility index (Phi) is 3.64. The summed E-state index contributed by atoms with van der Waals surface area (Å²) >= 11 is 1.69. The highest BCUT2D eigenvalue weighted by molar-refractivity contribution is 7.10. The lowest BCUT2D eigenvalue weighted by molar-refractivity contribution is 0.537. The van der Waals surface area contributed by atoms with Gasteiger partial charge in [-0.2, -0.15) is 0 Å². The zero-order chi connectivity index (χ0) is 11.4. The zero-order valence-electron chi connectivity index (χ0n) is 8.98. The van der Waals surface area contributed by atoms with Crippen LogP contribution in [0.1, 0.15) is 23.5 Å². The molecule has 84 valence electrons. The van der Waals surface area contributed by atoms with Crippen molar-refractivity contribution in [1.29, 1.82) is 0 Å². The highest BCUT2D eigenvalue weighted by atomic mass is 32.1. The molecule has 0 aliphatic carbocycles. The summed E-state index contributed by atoms with van der Waals surface area (Å²) in [6, 6.07) is 7.33. The molecule has 0 unspecified atom stereocenters. The van der Waals surface area contributed by atoms with Crippen LogP contribution in [0.3, 0.4) is 0 Å². The van der Waals surface area contributed by atoms with Crippen molar-refractivity contribution >= 4 is 11.3 Å². The Morgan fingerprint density at radius 2 is 2.31 bits per heavy atom. The summed E-state index contributed by atoms with van der Waals surface area (Å²) in [6.07, 6.45) is 1.61. The lowest BCUT2D eigenvalue weighted by Gasteiger charge is -2.11. The summed E-state index contributed by atoms with van der Waals surface area (Å²) < 4.78 is 13.3. The summed E-state index contributed by atoms with van der Waals surface area (Å²) in [6.45, 7) is 2.51. The maximum atomic E-state index is 13.3. The van der Waals surface area contributed by atoms with Gasteiger partial charge in [0.25, 0.3) is 0 Å². The molecule has 2 heterocycles. The van der Waals surface area contributed by atoms with Crippen molar-refractivity contribution < 1.29 is 4.39 Å². The first-order chi connectivity index (χ1) is 7.77. The van der Waals surface area contributed by atoms with Gasteiger partial charge in [-0.15, -0.1) is 11.3 Å². The quantitative estimate of drug-likeness (QED) is 0.882. The summed E-state index contributed by atoms with van der Waals surface area (Å²) in [5, 5.41) is 5.29. The lowest BCUT2D eigenvalue weighted by Crippen LogP contribution is -2.18. The van der Waals surface area contributed by atoms with Crippen LogP contribution in [-0.2, 0) is 6.54 Å². The number of hydrogen-bond acceptors (Lipinski definition) is 3. The maximum absolute atomic E-state index is 13.3. The van der Waals surface area contributed by atoms with E-state index in [1.165, 1.54) is 10.9 Å². The second-order valence-electron chi connectivity index (χ2n) is 3.55. The average Bonchev–Trinajstić information content (AvgIpc) is 2.81. The summed E-state index contributed by atoms with van der Waals surface area (Å²) in [5.74, 6) is -0.256. The van der Waals surface area contributed by atoms with Crippen LogP contribution in [0.25, 0.3) is 0 Å². The predicted molar refractivity (Wildman–Crippen MR) is 63.8 cm³/mol. The Morgan fingerprint density at radius 1 is 1.44 bits per heavy atom. The molecule has 2 aromatic rings. The summed E-state index contributed by atoms with van der Waals surface area (Å²) in [4.78, 5) is 5.24. The molecule has 0 bridgehead atoms. The Bertz CT molecular complexity index is 442. The molecule has 2 aromatic heterocycles. The van der Waals surface area contributed by atoms with Gasteiger partial charge in [0.05, 0.1) is 5.69 Å². The molecular weight excluding hydrogens is 223 g/mol. The molecule has 0 fully saturated rings. The van der Waals surface area contributed by atoms with Gasteiger partial charge in [-0.25, -0.2) is 4.39 Å². The molecule has 4 heteroatoms. The molecule has 2 nitrogen and oxygen atoms in total. The number of thiophene rings is 1. The third-order valence-corrected chi connectivity index (χ3v) is 3.44. The molecule has 0 amide bonds. The Morgan fingerprint density at radius 3 is 3.00 bits per heavy atom. The van der Waals surface area contributed by atoms with Crippen LogP contribution < -0.4 is 5.32 Å². The molecule has 1 atom stereocenters. The van der Waals surface area contributed by atoms with Crippen molar-refractivity contribution in [2.75, 3.05) is 0 Å². The first-order valence-corrected chi connectivity index (χ1v) is 6.01. The highest BCUT2D eigenvalue weighted by Gasteiger charge is 2.07. The van der Waals surface area contributed by atoms with E-state index in [4.69, 9.17) is 0 Å². The van der Waals surface area contributed by atoms with Gasteiger partial charge in [0.1, 0.15) is 5.82 Å². The Labute approximate surface area is 98.2 Å². The number of halogens is 1. The Hall–Kier alpha value is -1.26. The summed E-state index contributed by atoms with van der Waals surface area (Å²) in [5.41, 5.74) is 0.464. The molecule has 0 aromatic carbocycles. The molecule has 0 saturated heterocycles. The van der Waals surface area contributed by atoms with Gasteiger partial charge in [-0.1, -0.05) is 6.07 Å². The van der Waals surface area contributed by atoms with E-state index in [1.807, 2.05) is 11.4 Å². The van der Waals surface area contributed by atoms with Crippen LogP contribution >= 0.6 is 11.3 Å². The molecule has 0 spiro atoms. The van der Waals surface area contributed by atoms with Crippen molar-refractivity contribution in [3.63, 3.8) is 0 Å². The normalized spacial score (nSPS) is 12.6. The fourth-order valence-electron chi connectivity index (χ4n) is 1.44. The van der Waals surface area contributed by atoms with E-state index in [1.54, 1.807) is 23.6 Å². The van der Waals surface area contributed by atoms with Crippen LogP contribution in [0.4, 0.5) is 4.39 Å². The third kappa shape index (κ3) is 2.65. The third-order valence-electron chi connectivity index (χ3n) is 2.38. The van der Waals surface area contributed by atoms with Gasteiger partial charge in [-0.3, -0.25) is 4.98 Å². The van der Waals surface area contributed by atoms with Gasteiger partial charge < -0.3 is 5.32 Å². The van der Waals surface area contributed by atoms with Crippen LogP contribution in [0, 0.1) is 5.82 Å². The van der Waals surface area contributed by atoms with E-state index in [0.717, 1.165) is 0 Å². The molecular formula is C12H13FN2S. The van der Waals surface area contributed by atoms with Crippen LogP contribution in [0.5, 0.6) is 0 Å². The smallest absolute Gasteiger partial charge is 0.146 e. The second kappa shape index (κ2) is 5.18. The zero-order valence-corrected chi connectivity index (χ0v) is 9.80. The number of nitrogens with one attached hydrogen (secondary N) is 1. The molecule has 2 rings (SSSR count). The van der Waals surface area contributed by atoms with E-state index in [2.05, 4.69) is 23.3 Å². The van der Waals surface area contributed by atoms with Gasteiger partial charge in [-0.05, 0) is 30.5 Å². The van der Waals surface area contributed by atoms with E-state index in [-0.39, 0.29) is 11.9 Å². The molecule has 0 aliphatic rings. The number of nitrogens with zero attached hydrogens (tertiary/aromatic N) is 1. The first kappa shape index (κ1) is 11.2. The van der Waals surface area contributed by atoms with Crippen molar-refractivity contribution in [1.82, 2.24) is 10.3 Å². The SMILES string of the molecule is C[C@@H](NCc1ncccc1F)c1cccs1. The molecule has 0 saturated carbocycles. The molecule has 0 radical (unpaired) electrons. The Balaban J connectivity index is 1.95. The van der Waals surface area contributed by atoms with Crippen molar-refractivity contribution in [3.8, 4) is 0 Å². The van der Waals surface area contributed by atoms with Crippen molar-refractivity contribution in [3.05, 3.63) is 52.2 Å². The molecule has 1 N–H and O–H groups in total. The number of hydrogen-bond donors (Lipinski definition) is 1. The second-order valence-corrected chi connectivity index (χ2v) is 4.53. The van der Waals surface area contributed by atoms with Crippen molar-refractivity contribution in [2.45, 2.75) is 19.5 Å². The minimum Gasteiger partial charge on any atom is -0.304 e. The van der Waals surface area contributed by atoms with Gasteiger partial charge in [0.15, 0.2) is 0 Å². The number of pyridine rings is 1. The highest BCUT2D eigenvalue weighted by Crippen LogP contribution is 2.18. The van der Waals surface area contributed by atoms with Gasteiger partial charge >= 0.3 is 0 Å². The lowest BCUT2D eigenvalue weighted by atomic mass is 10.2. The number of aromatic nitrogens is 1. The van der Waals surface area contributed by atoms with Gasteiger partial charge in [0.2, 0.25) is 0 Å². The molecule has 16 heavy (non-hydrogen) atoms. The minimum atomic E-state index is -0.256. The molecule has 0 aliphatic heterocycles. The van der Waals surface area contributed by atoms with Crippen LogP contribution in [0.15, 0.2) is 35.8 Å².